The lowest BCUT2D eigenvalue weighted by Crippen LogP contribution is -2.48. The van der Waals surface area contributed by atoms with E-state index in [1.54, 1.807) is 0 Å². The van der Waals surface area contributed by atoms with Crippen molar-refractivity contribution in [1.29, 1.82) is 0 Å². The Morgan fingerprint density at radius 1 is 1.25 bits per heavy atom. The summed E-state index contributed by atoms with van der Waals surface area (Å²) < 4.78 is 11.9. The zero-order valence-electron chi connectivity index (χ0n) is 12.7. The first-order valence-corrected chi connectivity index (χ1v) is 7.77. The first-order valence-electron chi connectivity index (χ1n) is 7.77. The maximum atomic E-state index is 6.09. The summed E-state index contributed by atoms with van der Waals surface area (Å²) in [6.45, 7) is 8.95. The monoisotopic (exact) mass is 278 g/mol. The summed E-state index contributed by atoms with van der Waals surface area (Å²) in [5.41, 5.74) is 6.01. The molecule has 1 aliphatic heterocycles. The van der Waals surface area contributed by atoms with E-state index in [1.807, 2.05) is 0 Å². The lowest BCUT2D eigenvalue weighted by Gasteiger charge is -2.39. The molecule has 0 amide bonds. The average molecular weight is 278 g/mol. The van der Waals surface area contributed by atoms with Crippen LogP contribution < -0.4 is 5.73 Å². The third-order valence-corrected chi connectivity index (χ3v) is 4.56. The molecule has 3 rings (SSSR count). The molecule has 0 spiro atoms. The van der Waals surface area contributed by atoms with Crippen LogP contribution in [0.15, 0.2) is 16.5 Å². The maximum Gasteiger partial charge on any atom is 0.122 e. The molecule has 1 aliphatic carbocycles. The Kier molecular flexibility index (Phi) is 3.89. The number of hydrogen-bond acceptors (Lipinski definition) is 4. The van der Waals surface area contributed by atoms with Gasteiger partial charge in [-0.25, -0.2) is 0 Å². The molecule has 4 nitrogen and oxygen atoms in total. The Labute approximate surface area is 121 Å². The van der Waals surface area contributed by atoms with E-state index in [0.29, 0.717) is 12.5 Å². The van der Waals surface area contributed by atoms with Crippen molar-refractivity contribution in [2.45, 2.75) is 51.4 Å². The van der Waals surface area contributed by atoms with Gasteiger partial charge in [-0.05, 0) is 38.3 Å². The second-order valence-corrected chi connectivity index (χ2v) is 6.52. The first kappa shape index (κ1) is 14.1. The molecule has 5 atom stereocenters. The molecule has 1 saturated heterocycles. The van der Waals surface area contributed by atoms with E-state index in [9.17, 15) is 0 Å². The van der Waals surface area contributed by atoms with Gasteiger partial charge in [0.1, 0.15) is 11.5 Å². The molecule has 112 valence electrons. The van der Waals surface area contributed by atoms with Gasteiger partial charge in [-0.1, -0.05) is 6.92 Å². The number of ether oxygens (including phenoxy) is 1. The summed E-state index contributed by atoms with van der Waals surface area (Å²) >= 11 is 0. The Bertz CT molecular complexity index is 449. The summed E-state index contributed by atoms with van der Waals surface area (Å²) in [4.78, 5) is 2.40. The normalized spacial score (nSPS) is 36.0. The number of rotatable bonds is 4. The Morgan fingerprint density at radius 2 is 1.90 bits per heavy atom. The summed E-state index contributed by atoms with van der Waals surface area (Å²) in [6, 6.07) is 4.42. The van der Waals surface area contributed by atoms with Gasteiger partial charge in [0.05, 0.1) is 18.2 Å². The Morgan fingerprint density at radius 3 is 2.45 bits per heavy atom. The van der Waals surface area contributed by atoms with Gasteiger partial charge in [0.2, 0.25) is 0 Å². The van der Waals surface area contributed by atoms with Crippen LogP contribution in [-0.2, 0) is 4.74 Å². The molecule has 20 heavy (non-hydrogen) atoms. The van der Waals surface area contributed by atoms with Crippen molar-refractivity contribution in [2.75, 3.05) is 19.6 Å². The topological polar surface area (TPSA) is 51.6 Å². The number of nitrogens with zero attached hydrogens (tertiary/aromatic N) is 1. The highest BCUT2D eigenvalue weighted by Gasteiger charge is 2.37. The third-order valence-electron chi connectivity index (χ3n) is 4.56. The molecule has 3 unspecified atom stereocenters. The van der Waals surface area contributed by atoms with E-state index in [1.165, 1.54) is 6.42 Å². The molecule has 2 N–H and O–H groups in total. The van der Waals surface area contributed by atoms with E-state index >= 15 is 0 Å². The van der Waals surface area contributed by atoms with Crippen LogP contribution in [0.2, 0.25) is 0 Å². The Hall–Kier alpha value is -0.840. The molecule has 1 aromatic heterocycles. The zero-order chi connectivity index (χ0) is 14.3. The molecule has 4 heteroatoms. The summed E-state index contributed by atoms with van der Waals surface area (Å²) in [6.07, 6.45) is 1.77. The van der Waals surface area contributed by atoms with Gasteiger partial charge in [-0.2, -0.15) is 0 Å². The van der Waals surface area contributed by atoms with Gasteiger partial charge in [-0.15, -0.1) is 0 Å². The minimum Gasteiger partial charge on any atom is -0.464 e. The molecule has 0 radical (unpaired) electrons. The number of nitrogens with two attached hydrogens (primary N) is 1. The molecule has 1 aromatic rings. The van der Waals surface area contributed by atoms with Crippen molar-refractivity contribution >= 4 is 0 Å². The van der Waals surface area contributed by atoms with Gasteiger partial charge >= 0.3 is 0 Å². The van der Waals surface area contributed by atoms with Crippen LogP contribution >= 0.6 is 0 Å². The molecule has 2 aliphatic rings. The third kappa shape index (κ3) is 2.78. The molecule has 0 bridgehead atoms. The van der Waals surface area contributed by atoms with Gasteiger partial charge in [0.25, 0.3) is 0 Å². The standard InChI is InChI=1S/C16H26N2O2/c1-10-6-13(10)15-4-5-16(20-15)14(7-17)18-8-11(2)19-12(3)9-18/h4-5,10-14H,6-9,17H2,1-3H3/t10?,11-,12+,13?,14?. The van der Waals surface area contributed by atoms with Crippen molar-refractivity contribution in [3.05, 3.63) is 23.7 Å². The second-order valence-electron chi connectivity index (χ2n) is 6.52. The highest BCUT2D eigenvalue weighted by Crippen LogP contribution is 2.47. The molecular weight excluding hydrogens is 252 g/mol. The molecule has 0 aromatic carbocycles. The van der Waals surface area contributed by atoms with Gasteiger partial charge < -0.3 is 14.9 Å². The SMILES string of the molecule is CC1CC1c1ccc(C(CN)N2C[C@@H](C)O[C@@H](C)C2)o1. The zero-order valence-corrected chi connectivity index (χ0v) is 12.7. The van der Waals surface area contributed by atoms with E-state index in [2.05, 4.69) is 37.8 Å². The maximum absolute atomic E-state index is 6.09. The smallest absolute Gasteiger partial charge is 0.122 e. The lowest BCUT2D eigenvalue weighted by molar-refractivity contribution is -0.0820. The van der Waals surface area contributed by atoms with E-state index in [0.717, 1.165) is 30.5 Å². The average Bonchev–Trinajstić information content (AvgIpc) is 2.92. The van der Waals surface area contributed by atoms with Crippen molar-refractivity contribution in [2.24, 2.45) is 11.7 Å². The van der Waals surface area contributed by atoms with Crippen molar-refractivity contribution in [3.63, 3.8) is 0 Å². The molecule has 2 heterocycles. The summed E-state index contributed by atoms with van der Waals surface area (Å²) in [5, 5.41) is 0. The fourth-order valence-electron chi connectivity index (χ4n) is 3.38. The lowest BCUT2D eigenvalue weighted by atomic mass is 10.1. The fourth-order valence-corrected chi connectivity index (χ4v) is 3.38. The van der Waals surface area contributed by atoms with Crippen LogP contribution in [0.4, 0.5) is 0 Å². The van der Waals surface area contributed by atoms with Gasteiger partial charge in [-0.3, -0.25) is 4.90 Å². The largest absolute Gasteiger partial charge is 0.464 e. The minimum absolute atomic E-state index is 0.173. The number of furan rings is 1. The van der Waals surface area contributed by atoms with Crippen LogP contribution in [0.25, 0.3) is 0 Å². The molecule has 1 saturated carbocycles. The van der Waals surface area contributed by atoms with Crippen molar-refractivity contribution < 1.29 is 9.15 Å². The van der Waals surface area contributed by atoms with Crippen LogP contribution in [0.1, 0.15) is 50.7 Å². The Balaban J connectivity index is 1.73. The fraction of sp³-hybridized carbons (Fsp3) is 0.750. The van der Waals surface area contributed by atoms with Crippen LogP contribution in [-0.4, -0.2) is 36.7 Å². The predicted octanol–water partition coefficient (Wildman–Crippen LogP) is 2.51. The highest BCUT2D eigenvalue weighted by atomic mass is 16.5. The van der Waals surface area contributed by atoms with E-state index in [-0.39, 0.29) is 18.2 Å². The summed E-state index contributed by atoms with van der Waals surface area (Å²) in [7, 11) is 0. The number of hydrogen-bond donors (Lipinski definition) is 1. The highest BCUT2D eigenvalue weighted by molar-refractivity contribution is 5.19. The second kappa shape index (κ2) is 5.51. The first-order chi connectivity index (χ1) is 9.58. The molecule has 2 fully saturated rings. The molecular formula is C16H26N2O2. The van der Waals surface area contributed by atoms with Crippen molar-refractivity contribution in [3.8, 4) is 0 Å². The quantitative estimate of drug-likeness (QED) is 0.919. The minimum atomic E-state index is 0.173. The summed E-state index contributed by atoms with van der Waals surface area (Å²) in [5.74, 6) is 3.56. The van der Waals surface area contributed by atoms with Gasteiger partial charge in [0.15, 0.2) is 0 Å². The van der Waals surface area contributed by atoms with Crippen molar-refractivity contribution in [1.82, 2.24) is 4.90 Å². The van der Waals surface area contributed by atoms with E-state index < -0.39 is 0 Å². The number of morpholine rings is 1. The predicted molar refractivity (Wildman–Crippen MR) is 78.6 cm³/mol. The van der Waals surface area contributed by atoms with E-state index in [4.69, 9.17) is 14.9 Å². The van der Waals surface area contributed by atoms with Crippen LogP contribution in [0.3, 0.4) is 0 Å². The van der Waals surface area contributed by atoms with Crippen LogP contribution in [0, 0.1) is 5.92 Å². The van der Waals surface area contributed by atoms with Crippen LogP contribution in [0.5, 0.6) is 0 Å². The van der Waals surface area contributed by atoms with Gasteiger partial charge in [0, 0.05) is 25.6 Å².